The predicted octanol–water partition coefficient (Wildman–Crippen LogP) is 2.18. The number of rotatable bonds is 4. The highest BCUT2D eigenvalue weighted by molar-refractivity contribution is 6.06. The Bertz CT molecular complexity index is 650. The Morgan fingerprint density at radius 2 is 2.15 bits per heavy atom. The van der Waals surface area contributed by atoms with Crippen LogP contribution in [0.1, 0.15) is 34.8 Å². The number of para-hydroxylation sites is 1. The van der Waals surface area contributed by atoms with E-state index in [4.69, 9.17) is 5.11 Å². The van der Waals surface area contributed by atoms with Gasteiger partial charge in [0.2, 0.25) is 0 Å². The number of amides is 1. The Balaban J connectivity index is 2.09. The lowest BCUT2D eigenvalue weighted by molar-refractivity contribution is 0.0768. The van der Waals surface area contributed by atoms with E-state index in [1.165, 1.54) is 0 Å². The smallest absolute Gasteiger partial charge is 0.254 e. The SMILES string of the molecule is CN(CCO)C(=O)c1cc(C2CC2)nc2ccccc12. The molecule has 20 heavy (non-hydrogen) atoms. The molecule has 1 aromatic carbocycles. The summed E-state index contributed by atoms with van der Waals surface area (Å²) in [5.74, 6) is 0.453. The minimum absolute atomic E-state index is 0.0270. The zero-order valence-corrected chi connectivity index (χ0v) is 11.5. The van der Waals surface area contributed by atoms with E-state index < -0.39 is 0 Å². The van der Waals surface area contributed by atoms with Crippen LogP contribution in [0.4, 0.5) is 0 Å². The van der Waals surface area contributed by atoms with E-state index in [0.29, 0.717) is 18.0 Å². The number of aromatic nitrogens is 1. The number of aliphatic hydroxyl groups excluding tert-OH is 1. The lowest BCUT2D eigenvalue weighted by Crippen LogP contribution is -2.29. The van der Waals surface area contributed by atoms with Gasteiger partial charge in [0, 0.05) is 30.6 Å². The number of fused-ring (bicyclic) bond motifs is 1. The maximum Gasteiger partial charge on any atom is 0.254 e. The van der Waals surface area contributed by atoms with Gasteiger partial charge < -0.3 is 10.0 Å². The van der Waals surface area contributed by atoms with Crippen LogP contribution in [0, 0.1) is 0 Å². The number of benzene rings is 1. The summed E-state index contributed by atoms with van der Waals surface area (Å²) in [4.78, 5) is 18.8. The van der Waals surface area contributed by atoms with Gasteiger partial charge in [-0.1, -0.05) is 18.2 Å². The molecule has 3 rings (SSSR count). The number of likely N-dealkylation sites (N-methyl/N-ethyl adjacent to an activating group) is 1. The van der Waals surface area contributed by atoms with Gasteiger partial charge in [0.1, 0.15) is 0 Å². The molecule has 2 aromatic rings. The van der Waals surface area contributed by atoms with Crippen LogP contribution in [0.5, 0.6) is 0 Å². The van der Waals surface area contributed by atoms with Gasteiger partial charge in [0.15, 0.2) is 0 Å². The van der Waals surface area contributed by atoms with Gasteiger partial charge in [-0.25, -0.2) is 0 Å². The third kappa shape index (κ3) is 2.39. The summed E-state index contributed by atoms with van der Waals surface area (Å²) in [6, 6.07) is 9.67. The summed E-state index contributed by atoms with van der Waals surface area (Å²) in [7, 11) is 1.71. The number of pyridine rings is 1. The van der Waals surface area contributed by atoms with Gasteiger partial charge in [-0.15, -0.1) is 0 Å². The Labute approximate surface area is 118 Å². The van der Waals surface area contributed by atoms with Gasteiger partial charge in [0.05, 0.1) is 17.7 Å². The molecule has 1 amide bonds. The Morgan fingerprint density at radius 1 is 1.40 bits per heavy atom. The second-order valence-corrected chi connectivity index (χ2v) is 5.34. The molecule has 1 aliphatic rings. The van der Waals surface area contributed by atoms with Crippen molar-refractivity contribution in [2.75, 3.05) is 20.2 Å². The molecule has 0 atom stereocenters. The largest absolute Gasteiger partial charge is 0.395 e. The van der Waals surface area contributed by atoms with Crippen LogP contribution in [0.2, 0.25) is 0 Å². The molecule has 1 aliphatic carbocycles. The highest BCUT2D eigenvalue weighted by Gasteiger charge is 2.27. The number of hydrogen-bond acceptors (Lipinski definition) is 3. The summed E-state index contributed by atoms with van der Waals surface area (Å²) in [5, 5.41) is 9.87. The van der Waals surface area contributed by atoms with Crippen LogP contribution in [-0.2, 0) is 0 Å². The minimum Gasteiger partial charge on any atom is -0.395 e. The summed E-state index contributed by atoms with van der Waals surface area (Å²) < 4.78 is 0. The summed E-state index contributed by atoms with van der Waals surface area (Å²) in [5.41, 5.74) is 2.58. The molecule has 1 N–H and O–H groups in total. The first kappa shape index (κ1) is 13.1. The number of carbonyl (C=O) groups excluding carboxylic acids is 1. The predicted molar refractivity (Wildman–Crippen MR) is 77.8 cm³/mol. The van der Waals surface area contributed by atoms with Crippen LogP contribution in [0.25, 0.3) is 10.9 Å². The minimum atomic E-state index is -0.0560. The molecule has 0 saturated heterocycles. The second kappa shape index (κ2) is 5.21. The molecule has 0 spiro atoms. The van der Waals surface area contributed by atoms with Crippen LogP contribution in [0.3, 0.4) is 0 Å². The van der Waals surface area contributed by atoms with Gasteiger partial charge >= 0.3 is 0 Å². The van der Waals surface area contributed by atoms with Crippen molar-refractivity contribution in [2.24, 2.45) is 0 Å². The maximum absolute atomic E-state index is 12.5. The molecular formula is C16H18N2O2. The fraction of sp³-hybridized carbons (Fsp3) is 0.375. The summed E-state index contributed by atoms with van der Waals surface area (Å²) >= 11 is 0. The maximum atomic E-state index is 12.5. The monoisotopic (exact) mass is 270 g/mol. The first-order chi connectivity index (χ1) is 9.70. The zero-order chi connectivity index (χ0) is 14.1. The van der Waals surface area contributed by atoms with Crippen molar-refractivity contribution in [1.82, 2.24) is 9.88 Å². The third-order valence-electron chi connectivity index (χ3n) is 3.74. The Hall–Kier alpha value is -1.94. The Morgan fingerprint density at radius 3 is 2.85 bits per heavy atom. The van der Waals surface area contributed by atoms with Gasteiger partial charge in [-0.2, -0.15) is 0 Å². The highest BCUT2D eigenvalue weighted by Crippen LogP contribution is 2.40. The molecule has 4 nitrogen and oxygen atoms in total. The molecule has 0 unspecified atom stereocenters. The fourth-order valence-corrected chi connectivity index (χ4v) is 2.42. The van der Waals surface area contributed by atoms with Crippen molar-refractivity contribution in [2.45, 2.75) is 18.8 Å². The molecule has 4 heteroatoms. The van der Waals surface area contributed by atoms with Gasteiger partial charge in [0.25, 0.3) is 5.91 Å². The third-order valence-corrected chi connectivity index (χ3v) is 3.74. The number of hydrogen-bond donors (Lipinski definition) is 1. The number of nitrogens with zero attached hydrogens (tertiary/aromatic N) is 2. The molecule has 0 radical (unpaired) electrons. The highest BCUT2D eigenvalue weighted by atomic mass is 16.3. The van der Waals surface area contributed by atoms with Crippen LogP contribution in [0.15, 0.2) is 30.3 Å². The van der Waals surface area contributed by atoms with Crippen LogP contribution >= 0.6 is 0 Å². The molecule has 0 aliphatic heterocycles. The number of carbonyl (C=O) groups is 1. The number of aliphatic hydroxyl groups is 1. The van der Waals surface area contributed by atoms with Crippen molar-refractivity contribution in [3.63, 3.8) is 0 Å². The van der Waals surface area contributed by atoms with Crippen molar-refractivity contribution in [1.29, 1.82) is 0 Å². The summed E-state index contributed by atoms with van der Waals surface area (Å²) in [6.45, 7) is 0.314. The van der Waals surface area contributed by atoms with Crippen LogP contribution in [-0.4, -0.2) is 41.1 Å². The van der Waals surface area contributed by atoms with Crippen molar-refractivity contribution in [3.05, 3.63) is 41.6 Å². The van der Waals surface area contributed by atoms with Crippen molar-refractivity contribution >= 4 is 16.8 Å². The van der Waals surface area contributed by atoms with Crippen molar-refractivity contribution < 1.29 is 9.90 Å². The topological polar surface area (TPSA) is 53.4 Å². The van der Waals surface area contributed by atoms with E-state index in [-0.39, 0.29) is 12.5 Å². The molecular weight excluding hydrogens is 252 g/mol. The molecule has 1 saturated carbocycles. The van der Waals surface area contributed by atoms with Crippen LogP contribution < -0.4 is 0 Å². The average Bonchev–Trinajstić information content (AvgIpc) is 3.30. The first-order valence-corrected chi connectivity index (χ1v) is 6.96. The quantitative estimate of drug-likeness (QED) is 0.926. The van der Waals surface area contributed by atoms with E-state index in [1.54, 1.807) is 11.9 Å². The normalized spacial score (nSPS) is 14.5. The lowest BCUT2D eigenvalue weighted by Gasteiger charge is -2.17. The Kier molecular flexibility index (Phi) is 3.40. The molecule has 0 bridgehead atoms. The standard InChI is InChI=1S/C16H18N2O2/c1-18(8-9-19)16(20)13-10-15(11-6-7-11)17-14-5-3-2-4-12(13)14/h2-5,10-11,19H,6-9H2,1H3. The van der Waals surface area contributed by atoms with E-state index in [9.17, 15) is 4.79 Å². The fourth-order valence-electron chi connectivity index (χ4n) is 2.42. The average molecular weight is 270 g/mol. The van der Waals surface area contributed by atoms with E-state index in [2.05, 4.69) is 4.98 Å². The molecule has 1 fully saturated rings. The van der Waals surface area contributed by atoms with E-state index in [0.717, 1.165) is 29.4 Å². The molecule has 1 aromatic heterocycles. The zero-order valence-electron chi connectivity index (χ0n) is 11.5. The molecule has 1 heterocycles. The summed E-state index contributed by atoms with van der Waals surface area (Å²) in [6.07, 6.45) is 2.32. The lowest BCUT2D eigenvalue weighted by atomic mass is 10.0. The van der Waals surface area contributed by atoms with E-state index in [1.807, 2.05) is 30.3 Å². The van der Waals surface area contributed by atoms with Gasteiger partial charge in [-0.05, 0) is 25.0 Å². The van der Waals surface area contributed by atoms with Gasteiger partial charge in [-0.3, -0.25) is 9.78 Å². The van der Waals surface area contributed by atoms with Crippen molar-refractivity contribution in [3.8, 4) is 0 Å². The van der Waals surface area contributed by atoms with E-state index >= 15 is 0 Å². The first-order valence-electron chi connectivity index (χ1n) is 6.96. The second-order valence-electron chi connectivity index (χ2n) is 5.34. The molecule has 104 valence electrons.